The quantitative estimate of drug-likeness (QED) is 0.885. The van der Waals surface area contributed by atoms with E-state index in [0.29, 0.717) is 6.42 Å². The van der Waals surface area contributed by atoms with Crippen molar-refractivity contribution in [2.75, 3.05) is 11.4 Å². The average Bonchev–Trinajstić information content (AvgIpc) is 2.45. The van der Waals surface area contributed by atoms with Crippen molar-refractivity contribution in [3.63, 3.8) is 0 Å². The van der Waals surface area contributed by atoms with Crippen LogP contribution < -0.4 is 10.6 Å². The van der Waals surface area contributed by atoms with E-state index in [9.17, 15) is 9.90 Å². The molecule has 0 aromatic heterocycles. The Morgan fingerprint density at radius 1 is 1.50 bits per heavy atom. The Bertz CT molecular complexity index is 485. The Morgan fingerprint density at radius 2 is 2.25 bits per heavy atom. The number of hydrogen-bond acceptors (Lipinski definition) is 3. The molecule has 3 N–H and O–H groups in total. The van der Waals surface area contributed by atoms with Gasteiger partial charge in [-0.3, -0.25) is 4.79 Å². The summed E-state index contributed by atoms with van der Waals surface area (Å²) in [5, 5.41) is 10.1. The van der Waals surface area contributed by atoms with Crippen LogP contribution in [0.1, 0.15) is 50.3 Å². The van der Waals surface area contributed by atoms with Crippen LogP contribution in [0.25, 0.3) is 0 Å². The van der Waals surface area contributed by atoms with Crippen LogP contribution in [-0.4, -0.2) is 23.6 Å². The standard InChI is InChI=1S/C16H24N2O2/c1-3-5-15(19)18-9-4-6-12-10-13(7-8-14(12)18)16(20)11(2)17/h7-8,10-11,16,20H,3-6,9,17H2,1-2H3. The van der Waals surface area contributed by atoms with Crippen LogP contribution in [-0.2, 0) is 11.2 Å². The van der Waals surface area contributed by atoms with Gasteiger partial charge in [0.2, 0.25) is 5.91 Å². The SMILES string of the molecule is CCCC(=O)N1CCCc2cc(C(O)C(C)N)ccc21. The van der Waals surface area contributed by atoms with Crippen LogP contribution in [0.2, 0.25) is 0 Å². The zero-order valence-electron chi connectivity index (χ0n) is 12.3. The van der Waals surface area contributed by atoms with Gasteiger partial charge in [0.05, 0.1) is 6.10 Å². The van der Waals surface area contributed by atoms with Crippen LogP contribution in [0.4, 0.5) is 5.69 Å². The number of carbonyl (C=O) groups excluding carboxylic acids is 1. The van der Waals surface area contributed by atoms with E-state index in [1.807, 2.05) is 30.0 Å². The molecule has 1 aliphatic heterocycles. The number of aryl methyl sites for hydroxylation is 1. The van der Waals surface area contributed by atoms with Crippen molar-refractivity contribution >= 4 is 11.6 Å². The summed E-state index contributed by atoms with van der Waals surface area (Å²) in [4.78, 5) is 14.0. The van der Waals surface area contributed by atoms with Gasteiger partial charge in [0.15, 0.2) is 0 Å². The van der Waals surface area contributed by atoms with Crippen molar-refractivity contribution in [3.05, 3.63) is 29.3 Å². The van der Waals surface area contributed by atoms with E-state index in [1.54, 1.807) is 6.92 Å². The van der Waals surface area contributed by atoms with Crippen molar-refractivity contribution in [3.8, 4) is 0 Å². The van der Waals surface area contributed by atoms with Gasteiger partial charge in [0.1, 0.15) is 0 Å². The maximum absolute atomic E-state index is 12.1. The lowest BCUT2D eigenvalue weighted by Crippen LogP contribution is -2.35. The third kappa shape index (κ3) is 3.02. The van der Waals surface area contributed by atoms with Crippen molar-refractivity contribution in [2.24, 2.45) is 5.73 Å². The zero-order chi connectivity index (χ0) is 14.7. The highest BCUT2D eigenvalue weighted by Gasteiger charge is 2.23. The molecule has 110 valence electrons. The molecule has 1 heterocycles. The Labute approximate surface area is 120 Å². The number of hydrogen-bond donors (Lipinski definition) is 2. The van der Waals surface area contributed by atoms with E-state index in [2.05, 4.69) is 0 Å². The Balaban J connectivity index is 2.28. The molecular weight excluding hydrogens is 252 g/mol. The van der Waals surface area contributed by atoms with Crippen molar-refractivity contribution in [1.29, 1.82) is 0 Å². The van der Waals surface area contributed by atoms with E-state index in [1.165, 1.54) is 0 Å². The number of nitrogens with zero attached hydrogens (tertiary/aromatic N) is 1. The first-order valence-corrected chi connectivity index (χ1v) is 7.41. The average molecular weight is 276 g/mol. The number of fused-ring (bicyclic) bond motifs is 1. The third-order valence-corrected chi connectivity index (χ3v) is 3.83. The minimum atomic E-state index is -0.651. The number of aliphatic hydroxyl groups is 1. The summed E-state index contributed by atoms with van der Waals surface area (Å²) in [5.41, 5.74) is 8.71. The van der Waals surface area contributed by atoms with Gasteiger partial charge in [-0.15, -0.1) is 0 Å². The summed E-state index contributed by atoms with van der Waals surface area (Å²) in [5.74, 6) is 0.189. The van der Waals surface area contributed by atoms with E-state index in [0.717, 1.165) is 42.6 Å². The number of benzene rings is 1. The van der Waals surface area contributed by atoms with Crippen LogP contribution in [0, 0.1) is 0 Å². The molecule has 0 spiro atoms. The fraction of sp³-hybridized carbons (Fsp3) is 0.562. The largest absolute Gasteiger partial charge is 0.387 e. The summed E-state index contributed by atoms with van der Waals surface area (Å²) in [6, 6.07) is 5.52. The fourth-order valence-corrected chi connectivity index (χ4v) is 2.71. The van der Waals surface area contributed by atoms with Gasteiger partial charge < -0.3 is 15.7 Å². The number of anilines is 1. The lowest BCUT2D eigenvalue weighted by atomic mass is 9.95. The minimum Gasteiger partial charge on any atom is -0.387 e. The second-order valence-electron chi connectivity index (χ2n) is 5.59. The van der Waals surface area contributed by atoms with E-state index in [4.69, 9.17) is 5.73 Å². The first-order chi connectivity index (χ1) is 9.54. The van der Waals surface area contributed by atoms with Crippen molar-refractivity contribution < 1.29 is 9.90 Å². The normalized spacial score (nSPS) is 17.5. The number of rotatable bonds is 4. The summed E-state index contributed by atoms with van der Waals surface area (Å²) >= 11 is 0. The van der Waals surface area contributed by atoms with Gasteiger partial charge in [0, 0.05) is 24.7 Å². The zero-order valence-corrected chi connectivity index (χ0v) is 12.3. The predicted octanol–water partition coefficient (Wildman–Crippen LogP) is 2.15. The first-order valence-electron chi connectivity index (χ1n) is 7.41. The highest BCUT2D eigenvalue weighted by Crippen LogP contribution is 2.30. The predicted molar refractivity (Wildman–Crippen MR) is 80.6 cm³/mol. The van der Waals surface area contributed by atoms with Gasteiger partial charge in [-0.05, 0) is 43.4 Å². The Kier molecular flexibility index (Phi) is 4.78. The van der Waals surface area contributed by atoms with Gasteiger partial charge in [-0.2, -0.15) is 0 Å². The van der Waals surface area contributed by atoms with Crippen LogP contribution >= 0.6 is 0 Å². The van der Waals surface area contributed by atoms with Gasteiger partial charge in [-0.25, -0.2) is 0 Å². The topological polar surface area (TPSA) is 66.6 Å². The van der Waals surface area contributed by atoms with E-state index < -0.39 is 6.10 Å². The molecule has 0 bridgehead atoms. The third-order valence-electron chi connectivity index (χ3n) is 3.83. The van der Waals surface area contributed by atoms with E-state index in [-0.39, 0.29) is 11.9 Å². The molecule has 2 atom stereocenters. The van der Waals surface area contributed by atoms with Crippen molar-refractivity contribution in [2.45, 2.75) is 51.7 Å². The molecule has 4 heteroatoms. The summed E-state index contributed by atoms with van der Waals surface area (Å²) in [6.07, 6.45) is 2.72. The lowest BCUT2D eigenvalue weighted by Gasteiger charge is -2.30. The summed E-state index contributed by atoms with van der Waals surface area (Å²) < 4.78 is 0. The molecule has 0 radical (unpaired) electrons. The minimum absolute atomic E-state index is 0.189. The smallest absolute Gasteiger partial charge is 0.226 e. The second-order valence-corrected chi connectivity index (χ2v) is 5.59. The molecule has 1 aromatic rings. The van der Waals surface area contributed by atoms with Gasteiger partial charge in [-0.1, -0.05) is 19.1 Å². The molecule has 1 aromatic carbocycles. The fourth-order valence-electron chi connectivity index (χ4n) is 2.71. The maximum atomic E-state index is 12.1. The highest BCUT2D eigenvalue weighted by molar-refractivity contribution is 5.94. The molecule has 0 fully saturated rings. The molecule has 2 rings (SSSR count). The van der Waals surface area contributed by atoms with Gasteiger partial charge >= 0.3 is 0 Å². The van der Waals surface area contributed by atoms with Crippen LogP contribution in [0.3, 0.4) is 0 Å². The lowest BCUT2D eigenvalue weighted by molar-refractivity contribution is -0.118. The highest BCUT2D eigenvalue weighted by atomic mass is 16.3. The molecule has 20 heavy (non-hydrogen) atoms. The van der Waals surface area contributed by atoms with Gasteiger partial charge in [0.25, 0.3) is 0 Å². The number of amides is 1. The molecule has 0 saturated heterocycles. The van der Waals surface area contributed by atoms with Crippen LogP contribution in [0.15, 0.2) is 18.2 Å². The summed E-state index contributed by atoms with van der Waals surface area (Å²) in [7, 11) is 0. The molecule has 1 amide bonds. The van der Waals surface area contributed by atoms with Crippen molar-refractivity contribution in [1.82, 2.24) is 0 Å². The molecule has 2 unspecified atom stereocenters. The molecule has 0 saturated carbocycles. The molecule has 1 aliphatic rings. The monoisotopic (exact) mass is 276 g/mol. The Hall–Kier alpha value is -1.39. The number of nitrogens with two attached hydrogens (primary N) is 1. The summed E-state index contributed by atoms with van der Waals surface area (Å²) in [6.45, 7) is 4.60. The maximum Gasteiger partial charge on any atom is 0.226 e. The number of aliphatic hydroxyl groups excluding tert-OH is 1. The number of carbonyl (C=O) groups is 1. The molecule has 4 nitrogen and oxygen atoms in total. The van der Waals surface area contributed by atoms with Crippen LogP contribution in [0.5, 0.6) is 0 Å². The molecule has 0 aliphatic carbocycles. The second kappa shape index (κ2) is 6.37. The Morgan fingerprint density at radius 3 is 2.90 bits per heavy atom. The first kappa shape index (κ1) is 15.0. The molecular formula is C16H24N2O2. The van der Waals surface area contributed by atoms with E-state index >= 15 is 0 Å².